The topological polar surface area (TPSA) is 52.5 Å². The Balaban J connectivity index is 2.06. The molecule has 0 saturated heterocycles. The molecule has 0 saturated carbocycles. The lowest BCUT2D eigenvalue weighted by atomic mass is 9.98. The van der Waals surface area contributed by atoms with Gasteiger partial charge >= 0.3 is 0 Å². The van der Waals surface area contributed by atoms with Gasteiger partial charge in [0, 0.05) is 6.54 Å². The van der Waals surface area contributed by atoms with Crippen molar-refractivity contribution in [3.05, 3.63) is 59.2 Å². The molecule has 1 aliphatic rings. The first-order valence-corrected chi connectivity index (χ1v) is 5.58. The average Bonchev–Trinajstić information content (AvgIpc) is 2.71. The molecule has 86 valence electrons. The lowest BCUT2D eigenvalue weighted by Gasteiger charge is -2.13. The summed E-state index contributed by atoms with van der Waals surface area (Å²) in [6, 6.07) is 12.7. The number of benzene rings is 2. The van der Waals surface area contributed by atoms with Crippen LogP contribution in [0.1, 0.15) is 22.7 Å². The van der Waals surface area contributed by atoms with E-state index < -0.39 is 0 Å². The number of hydrogen-bond acceptors (Lipinski definition) is 3. The molecule has 17 heavy (non-hydrogen) atoms. The van der Waals surface area contributed by atoms with Gasteiger partial charge in [-0.25, -0.2) is 0 Å². The van der Waals surface area contributed by atoms with Gasteiger partial charge < -0.3 is 15.5 Å². The van der Waals surface area contributed by atoms with E-state index in [-0.39, 0.29) is 17.5 Å². The van der Waals surface area contributed by atoms with Crippen LogP contribution in [0.25, 0.3) is 0 Å². The fourth-order valence-electron chi connectivity index (χ4n) is 2.34. The molecule has 0 aliphatic carbocycles. The van der Waals surface area contributed by atoms with Crippen molar-refractivity contribution < 1.29 is 10.2 Å². The van der Waals surface area contributed by atoms with Gasteiger partial charge in [0.1, 0.15) is 11.5 Å². The van der Waals surface area contributed by atoms with Crippen LogP contribution in [0, 0.1) is 0 Å². The highest BCUT2D eigenvalue weighted by atomic mass is 16.3. The molecule has 1 heterocycles. The molecule has 0 bridgehead atoms. The number of rotatable bonds is 1. The van der Waals surface area contributed by atoms with Crippen molar-refractivity contribution in [2.24, 2.45) is 0 Å². The smallest absolute Gasteiger partial charge is 0.115 e. The molecule has 0 fully saturated rings. The van der Waals surface area contributed by atoms with Crippen molar-refractivity contribution in [1.29, 1.82) is 0 Å². The lowest BCUT2D eigenvalue weighted by molar-refractivity contribution is 0.473. The number of nitrogens with one attached hydrogen (secondary N) is 1. The first kappa shape index (κ1) is 10.2. The van der Waals surface area contributed by atoms with E-state index in [9.17, 15) is 10.2 Å². The van der Waals surface area contributed by atoms with Crippen molar-refractivity contribution in [2.75, 3.05) is 0 Å². The van der Waals surface area contributed by atoms with Gasteiger partial charge in [0.25, 0.3) is 0 Å². The number of aromatic hydroxyl groups is 2. The highest BCUT2D eigenvalue weighted by Gasteiger charge is 2.23. The molecule has 3 rings (SSSR count). The zero-order chi connectivity index (χ0) is 11.8. The summed E-state index contributed by atoms with van der Waals surface area (Å²) in [5, 5.41) is 22.4. The predicted octanol–water partition coefficient (Wildman–Crippen LogP) is 2.29. The largest absolute Gasteiger partial charge is 0.508 e. The van der Waals surface area contributed by atoms with Gasteiger partial charge in [0.15, 0.2) is 0 Å². The Kier molecular flexibility index (Phi) is 2.27. The minimum atomic E-state index is 0.0456. The molecule has 2 aromatic rings. The fourth-order valence-corrected chi connectivity index (χ4v) is 2.34. The molecular weight excluding hydrogens is 214 g/mol. The predicted molar refractivity (Wildman–Crippen MR) is 64.9 cm³/mol. The Morgan fingerprint density at radius 1 is 1.00 bits per heavy atom. The van der Waals surface area contributed by atoms with Gasteiger partial charge in [0.2, 0.25) is 0 Å². The number of fused-ring (bicyclic) bond motifs is 1. The molecule has 3 heteroatoms. The summed E-state index contributed by atoms with van der Waals surface area (Å²) in [4.78, 5) is 0. The van der Waals surface area contributed by atoms with Crippen molar-refractivity contribution in [2.45, 2.75) is 12.6 Å². The third-order valence-corrected chi connectivity index (χ3v) is 3.14. The summed E-state index contributed by atoms with van der Waals surface area (Å²) in [7, 11) is 0. The van der Waals surface area contributed by atoms with E-state index in [0.29, 0.717) is 0 Å². The summed E-state index contributed by atoms with van der Waals surface area (Å²) in [5.41, 5.74) is 3.28. The molecule has 0 spiro atoms. The van der Waals surface area contributed by atoms with Crippen LogP contribution < -0.4 is 5.32 Å². The summed E-state index contributed by atoms with van der Waals surface area (Å²) in [6.07, 6.45) is 0. The van der Waals surface area contributed by atoms with E-state index in [1.807, 2.05) is 18.2 Å². The standard InChI is InChI=1S/C14H13NO2/c16-11-3-1-2-9(6-11)14-13-7-12(17)5-4-10(13)8-15-14/h1-7,14-17H,8H2. The summed E-state index contributed by atoms with van der Waals surface area (Å²) >= 11 is 0. The molecule has 2 aromatic carbocycles. The van der Waals surface area contributed by atoms with E-state index in [2.05, 4.69) is 5.32 Å². The fraction of sp³-hybridized carbons (Fsp3) is 0.143. The Morgan fingerprint density at radius 3 is 2.65 bits per heavy atom. The number of phenols is 2. The highest BCUT2D eigenvalue weighted by molar-refractivity contribution is 5.45. The minimum Gasteiger partial charge on any atom is -0.508 e. The van der Waals surface area contributed by atoms with Crippen molar-refractivity contribution in [3.63, 3.8) is 0 Å². The summed E-state index contributed by atoms with van der Waals surface area (Å²) in [6.45, 7) is 0.788. The van der Waals surface area contributed by atoms with Crippen LogP contribution in [0.15, 0.2) is 42.5 Å². The zero-order valence-electron chi connectivity index (χ0n) is 9.22. The van der Waals surface area contributed by atoms with Crippen molar-refractivity contribution in [1.82, 2.24) is 5.32 Å². The summed E-state index contributed by atoms with van der Waals surface area (Å²) < 4.78 is 0. The first-order valence-electron chi connectivity index (χ1n) is 5.58. The van der Waals surface area contributed by atoms with Gasteiger partial charge in [-0.1, -0.05) is 18.2 Å². The second kappa shape index (κ2) is 3.79. The third-order valence-electron chi connectivity index (χ3n) is 3.14. The van der Waals surface area contributed by atoms with Crippen LogP contribution in [0.2, 0.25) is 0 Å². The first-order chi connectivity index (χ1) is 8.24. The van der Waals surface area contributed by atoms with E-state index in [1.165, 1.54) is 5.56 Å². The number of hydrogen-bond donors (Lipinski definition) is 3. The molecule has 0 radical (unpaired) electrons. The Bertz CT molecular complexity index is 566. The van der Waals surface area contributed by atoms with Crippen LogP contribution in [0.3, 0.4) is 0 Å². The van der Waals surface area contributed by atoms with Crippen LogP contribution in [0.4, 0.5) is 0 Å². The van der Waals surface area contributed by atoms with Crippen LogP contribution >= 0.6 is 0 Å². The van der Waals surface area contributed by atoms with Crippen LogP contribution in [-0.2, 0) is 6.54 Å². The monoisotopic (exact) mass is 227 g/mol. The Labute approximate surface area is 99.4 Å². The molecule has 0 amide bonds. The highest BCUT2D eigenvalue weighted by Crippen LogP contribution is 2.33. The Hall–Kier alpha value is -2.00. The second-order valence-electron chi connectivity index (χ2n) is 4.29. The maximum Gasteiger partial charge on any atom is 0.115 e. The molecule has 0 aromatic heterocycles. The maximum atomic E-state index is 9.54. The van der Waals surface area contributed by atoms with E-state index >= 15 is 0 Å². The van der Waals surface area contributed by atoms with Crippen molar-refractivity contribution >= 4 is 0 Å². The lowest BCUT2D eigenvalue weighted by Crippen LogP contribution is -2.13. The normalized spacial score (nSPS) is 18.0. The molecule has 3 nitrogen and oxygen atoms in total. The van der Waals surface area contributed by atoms with E-state index in [4.69, 9.17) is 0 Å². The SMILES string of the molecule is Oc1cccc(C2NCc3ccc(O)cc32)c1. The van der Waals surface area contributed by atoms with Gasteiger partial charge in [-0.05, 0) is 41.0 Å². The van der Waals surface area contributed by atoms with Crippen molar-refractivity contribution in [3.8, 4) is 11.5 Å². The molecule has 1 atom stereocenters. The number of phenolic OH excluding ortho intramolecular Hbond substituents is 2. The Morgan fingerprint density at radius 2 is 1.82 bits per heavy atom. The molecular formula is C14H13NO2. The zero-order valence-corrected chi connectivity index (χ0v) is 9.22. The average molecular weight is 227 g/mol. The van der Waals surface area contributed by atoms with Gasteiger partial charge in [0.05, 0.1) is 6.04 Å². The van der Waals surface area contributed by atoms with Gasteiger partial charge in [-0.15, -0.1) is 0 Å². The minimum absolute atomic E-state index is 0.0456. The molecule has 1 unspecified atom stereocenters. The quantitative estimate of drug-likeness (QED) is 0.700. The van der Waals surface area contributed by atoms with E-state index in [0.717, 1.165) is 17.7 Å². The van der Waals surface area contributed by atoms with E-state index in [1.54, 1.807) is 24.3 Å². The maximum absolute atomic E-state index is 9.54. The van der Waals surface area contributed by atoms with Crippen LogP contribution in [-0.4, -0.2) is 10.2 Å². The molecule has 3 N–H and O–H groups in total. The van der Waals surface area contributed by atoms with Gasteiger partial charge in [-0.3, -0.25) is 0 Å². The third kappa shape index (κ3) is 1.74. The van der Waals surface area contributed by atoms with Gasteiger partial charge in [-0.2, -0.15) is 0 Å². The van der Waals surface area contributed by atoms with Crippen LogP contribution in [0.5, 0.6) is 11.5 Å². The molecule has 1 aliphatic heterocycles. The summed E-state index contributed by atoms with van der Waals surface area (Å²) in [5.74, 6) is 0.538. The second-order valence-corrected chi connectivity index (χ2v) is 4.29.